The van der Waals surface area contributed by atoms with E-state index >= 15 is 0 Å². The Labute approximate surface area is 126 Å². The maximum Gasteiger partial charge on any atom is 0.284 e. The van der Waals surface area contributed by atoms with Gasteiger partial charge >= 0.3 is 0 Å². The van der Waals surface area contributed by atoms with Crippen LogP contribution in [0.4, 0.5) is 11.4 Å². The monoisotopic (exact) mass is 354 g/mol. The predicted octanol–water partition coefficient (Wildman–Crippen LogP) is 4.42. The van der Waals surface area contributed by atoms with Crippen LogP contribution in [0.3, 0.4) is 0 Å². The molecule has 0 heterocycles. The number of para-hydroxylation sites is 1. The molecule has 6 nitrogen and oxygen atoms in total. The summed E-state index contributed by atoms with van der Waals surface area (Å²) in [4.78, 5) is 21.7. The van der Waals surface area contributed by atoms with Gasteiger partial charge in [-0.05, 0) is 18.2 Å². The molecule has 0 aliphatic rings. The van der Waals surface area contributed by atoms with E-state index in [4.69, 9.17) is 0 Å². The van der Waals surface area contributed by atoms with Crippen molar-refractivity contribution < 1.29 is 9.85 Å². The molecular formula is C12H7BrN2O4S. The molecule has 0 saturated heterocycles. The van der Waals surface area contributed by atoms with Gasteiger partial charge in [-0.3, -0.25) is 20.2 Å². The van der Waals surface area contributed by atoms with E-state index in [0.29, 0.717) is 14.3 Å². The Morgan fingerprint density at radius 2 is 1.50 bits per heavy atom. The standard InChI is InChI=1S/C12H7BrN2O4S/c13-8-5-6-12(10(7-8)15(18)19)20-11-4-2-1-3-9(11)14(16)17/h1-7H. The van der Waals surface area contributed by atoms with Crippen LogP contribution in [0.1, 0.15) is 0 Å². The lowest BCUT2D eigenvalue weighted by atomic mass is 10.3. The van der Waals surface area contributed by atoms with Crippen molar-refractivity contribution in [1.29, 1.82) is 0 Å². The van der Waals surface area contributed by atoms with E-state index in [9.17, 15) is 20.2 Å². The summed E-state index contributed by atoms with van der Waals surface area (Å²) in [5.74, 6) is 0. The van der Waals surface area contributed by atoms with Crippen LogP contribution in [0.25, 0.3) is 0 Å². The van der Waals surface area contributed by atoms with Crippen LogP contribution < -0.4 is 0 Å². The molecule has 2 aromatic carbocycles. The number of benzene rings is 2. The summed E-state index contributed by atoms with van der Waals surface area (Å²) >= 11 is 4.17. The van der Waals surface area contributed by atoms with Crippen LogP contribution in [0.5, 0.6) is 0 Å². The van der Waals surface area contributed by atoms with Gasteiger partial charge in [-0.1, -0.05) is 39.8 Å². The van der Waals surface area contributed by atoms with Gasteiger partial charge in [0.25, 0.3) is 11.4 Å². The highest BCUT2D eigenvalue weighted by Gasteiger charge is 2.19. The highest BCUT2D eigenvalue weighted by atomic mass is 79.9. The van der Waals surface area contributed by atoms with Gasteiger partial charge in [-0.15, -0.1) is 0 Å². The van der Waals surface area contributed by atoms with E-state index in [1.165, 1.54) is 12.1 Å². The van der Waals surface area contributed by atoms with Crippen LogP contribution in [0.2, 0.25) is 0 Å². The Hall–Kier alpha value is -1.93. The minimum absolute atomic E-state index is 0.0743. The lowest BCUT2D eigenvalue weighted by Gasteiger charge is -2.04. The molecule has 0 aromatic heterocycles. The van der Waals surface area contributed by atoms with Crippen molar-refractivity contribution in [2.75, 3.05) is 0 Å². The first-order valence-electron chi connectivity index (χ1n) is 5.34. The smallest absolute Gasteiger partial charge is 0.258 e. The van der Waals surface area contributed by atoms with E-state index in [0.717, 1.165) is 11.8 Å². The van der Waals surface area contributed by atoms with Gasteiger partial charge in [0, 0.05) is 16.6 Å². The summed E-state index contributed by atoms with van der Waals surface area (Å²) in [7, 11) is 0. The second-order valence-corrected chi connectivity index (χ2v) is 5.70. The molecule has 0 radical (unpaired) electrons. The zero-order valence-electron chi connectivity index (χ0n) is 9.86. The summed E-state index contributed by atoms with van der Waals surface area (Å²) in [6, 6.07) is 10.7. The first kappa shape index (κ1) is 14.5. The van der Waals surface area contributed by atoms with Gasteiger partial charge in [0.1, 0.15) is 0 Å². The third-order valence-corrected chi connectivity index (χ3v) is 4.02. The van der Waals surface area contributed by atoms with Crippen molar-refractivity contribution in [2.45, 2.75) is 9.79 Å². The number of nitro groups is 2. The van der Waals surface area contributed by atoms with Crippen LogP contribution >= 0.6 is 27.7 Å². The summed E-state index contributed by atoms with van der Waals surface area (Å²) in [6.45, 7) is 0. The Morgan fingerprint density at radius 1 is 0.900 bits per heavy atom. The van der Waals surface area contributed by atoms with E-state index < -0.39 is 9.85 Å². The van der Waals surface area contributed by atoms with E-state index in [1.807, 2.05) is 0 Å². The summed E-state index contributed by atoms with van der Waals surface area (Å²) in [6.07, 6.45) is 0. The molecule has 8 heteroatoms. The quantitative estimate of drug-likeness (QED) is 0.599. The molecule has 0 bridgehead atoms. The molecule has 0 saturated carbocycles. The first-order chi connectivity index (χ1) is 9.49. The lowest BCUT2D eigenvalue weighted by Crippen LogP contribution is -1.93. The SMILES string of the molecule is O=[N+]([O-])c1ccccc1Sc1ccc(Br)cc1[N+](=O)[O-]. The molecule has 2 aromatic rings. The summed E-state index contributed by atoms with van der Waals surface area (Å²) in [5.41, 5.74) is -0.169. The zero-order chi connectivity index (χ0) is 14.7. The van der Waals surface area contributed by atoms with Gasteiger partial charge in [0.05, 0.1) is 19.6 Å². The Morgan fingerprint density at radius 3 is 2.15 bits per heavy atom. The minimum atomic E-state index is -0.512. The molecule has 0 unspecified atom stereocenters. The Bertz CT molecular complexity index is 693. The van der Waals surface area contributed by atoms with Crippen LogP contribution in [-0.2, 0) is 0 Å². The second kappa shape index (κ2) is 6.02. The van der Waals surface area contributed by atoms with Crippen molar-refractivity contribution in [3.63, 3.8) is 0 Å². The van der Waals surface area contributed by atoms with Gasteiger partial charge in [0.2, 0.25) is 0 Å². The molecule has 0 spiro atoms. The molecular weight excluding hydrogens is 348 g/mol. The van der Waals surface area contributed by atoms with Crippen LogP contribution in [-0.4, -0.2) is 9.85 Å². The molecule has 0 fully saturated rings. The minimum Gasteiger partial charge on any atom is -0.258 e. The molecule has 0 aliphatic carbocycles. The number of nitrogens with zero attached hydrogens (tertiary/aromatic N) is 2. The third-order valence-electron chi connectivity index (χ3n) is 2.40. The van der Waals surface area contributed by atoms with E-state index in [-0.39, 0.29) is 11.4 Å². The maximum absolute atomic E-state index is 11.0. The second-order valence-electron chi connectivity index (χ2n) is 3.70. The van der Waals surface area contributed by atoms with Crippen molar-refractivity contribution in [2.24, 2.45) is 0 Å². The average molecular weight is 355 g/mol. The number of halogens is 1. The van der Waals surface area contributed by atoms with Gasteiger partial charge in [-0.2, -0.15) is 0 Å². The average Bonchev–Trinajstić information content (AvgIpc) is 2.41. The van der Waals surface area contributed by atoms with E-state index in [2.05, 4.69) is 15.9 Å². The normalized spacial score (nSPS) is 10.2. The van der Waals surface area contributed by atoms with Crippen molar-refractivity contribution in [3.05, 3.63) is 67.2 Å². The third kappa shape index (κ3) is 3.14. The topological polar surface area (TPSA) is 86.3 Å². The number of nitro benzene ring substituents is 2. The summed E-state index contributed by atoms with van der Waals surface area (Å²) < 4.78 is 0.580. The Balaban J connectivity index is 2.45. The van der Waals surface area contributed by atoms with Gasteiger partial charge in [0.15, 0.2) is 0 Å². The first-order valence-corrected chi connectivity index (χ1v) is 6.95. The highest BCUT2D eigenvalue weighted by Crippen LogP contribution is 2.39. The fourth-order valence-corrected chi connectivity index (χ4v) is 2.89. The number of rotatable bonds is 4. The van der Waals surface area contributed by atoms with Crippen LogP contribution in [0.15, 0.2) is 56.7 Å². The van der Waals surface area contributed by atoms with Crippen LogP contribution in [0, 0.1) is 20.2 Å². The molecule has 102 valence electrons. The Kier molecular flexibility index (Phi) is 4.35. The zero-order valence-corrected chi connectivity index (χ0v) is 12.3. The highest BCUT2D eigenvalue weighted by molar-refractivity contribution is 9.10. The maximum atomic E-state index is 11.0. The molecule has 0 atom stereocenters. The summed E-state index contributed by atoms with van der Waals surface area (Å²) in [5, 5.41) is 22.0. The van der Waals surface area contributed by atoms with Crippen molar-refractivity contribution in [1.82, 2.24) is 0 Å². The lowest BCUT2D eigenvalue weighted by molar-refractivity contribution is -0.388. The number of hydrogen-bond donors (Lipinski definition) is 0. The van der Waals surface area contributed by atoms with E-state index in [1.54, 1.807) is 30.3 Å². The molecule has 2 rings (SSSR count). The predicted molar refractivity (Wildman–Crippen MR) is 78.0 cm³/mol. The molecule has 20 heavy (non-hydrogen) atoms. The number of hydrogen-bond acceptors (Lipinski definition) is 5. The van der Waals surface area contributed by atoms with Gasteiger partial charge < -0.3 is 0 Å². The van der Waals surface area contributed by atoms with Crippen molar-refractivity contribution >= 4 is 39.1 Å². The fraction of sp³-hybridized carbons (Fsp3) is 0. The van der Waals surface area contributed by atoms with Crippen molar-refractivity contribution in [3.8, 4) is 0 Å². The largest absolute Gasteiger partial charge is 0.284 e. The molecule has 0 aliphatic heterocycles. The fourth-order valence-electron chi connectivity index (χ4n) is 1.53. The molecule has 0 N–H and O–H groups in total. The molecule has 0 amide bonds. The van der Waals surface area contributed by atoms with Gasteiger partial charge in [-0.25, -0.2) is 0 Å².